The zero-order chi connectivity index (χ0) is 26.2. The fourth-order valence-corrected chi connectivity index (χ4v) is 5.61. The molecule has 37 heavy (non-hydrogen) atoms. The van der Waals surface area contributed by atoms with Crippen LogP contribution in [0.15, 0.2) is 78.9 Å². The highest BCUT2D eigenvalue weighted by molar-refractivity contribution is 6.36. The molecule has 0 saturated heterocycles. The summed E-state index contributed by atoms with van der Waals surface area (Å²) >= 11 is 13.0. The summed E-state index contributed by atoms with van der Waals surface area (Å²) in [6.45, 7) is 1.95. The molecule has 1 aliphatic rings. The van der Waals surface area contributed by atoms with Crippen LogP contribution in [-0.2, 0) is 16.1 Å². The minimum absolute atomic E-state index is 0.125. The van der Waals surface area contributed by atoms with E-state index in [9.17, 15) is 9.59 Å². The number of halogens is 2. The van der Waals surface area contributed by atoms with Crippen LogP contribution in [0.4, 0.5) is 0 Å². The maximum atomic E-state index is 14.0. The number of carbonyl (C=O) groups excluding carboxylic acids is 2. The van der Waals surface area contributed by atoms with E-state index in [0.29, 0.717) is 15.6 Å². The summed E-state index contributed by atoms with van der Waals surface area (Å²) in [7, 11) is 0. The molecule has 2 amide bonds. The highest BCUT2D eigenvalue weighted by Crippen LogP contribution is 2.31. The van der Waals surface area contributed by atoms with Gasteiger partial charge in [0.2, 0.25) is 11.8 Å². The average Bonchev–Trinajstić information content (AvgIpc) is 2.92. The summed E-state index contributed by atoms with van der Waals surface area (Å²) in [5.74, 6) is -0.410. The number of nitrogens with one attached hydrogen (secondary N) is 1. The minimum atomic E-state index is -0.672. The van der Waals surface area contributed by atoms with Gasteiger partial charge in [0.05, 0.1) is 0 Å². The zero-order valence-corrected chi connectivity index (χ0v) is 22.7. The van der Waals surface area contributed by atoms with Gasteiger partial charge in [-0.15, -0.1) is 0 Å². The standard InChI is InChI=1S/C31H34Cl2N2O2/c1-22(31(37)34-25-16-9-4-10-17-25)35(21-27-28(32)18-11-19-29(27)33)30(36)20-26(23-12-5-2-6-13-23)24-14-7-3-8-15-24/h2-3,5-8,11-15,18-19,22,25-26H,4,9-10,16-17,20-21H2,1H3,(H,34,37)/t22-/m1/s1. The van der Waals surface area contributed by atoms with Gasteiger partial charge in [-0.25, -0.2) is 0 Å². The Morgan fingerprint density at radius 2 is 1.38 bits per heavy atom. The quantitative estimate of drug-likeness (QED) is 0.310. The lowest BCUT2D eigenvalue weighted by Gasteiger charge is -2.32. The number of benzene rings is 3. The fourth-order valence-electron chi connectivity index (χ4n) is 5.10. The number of rotatable bonds is 9. The molecule has 0 bridgehead atoms. The molecule has 1 N–H and O–H groups in total. The summed E-state index contributed by atoms with van der Waals surface area (Å²) in [6, 6.07) is 24.8. The predicted molar refractivity (Wildman–Crippen MR) is 151 cm³/mol. The molecule has 0 aliphatic heterocycles. The normalized spacial score (nSPS) is 14.8. The van der Waals surface area contributed by atoms with Crippen molar-refractivity contribution in [2.45, 2.75) is 70.0 Å². The number of nitrogens with zero attached hydrogens (tertiary/aromatic N) is 1. The largest absolute Gasteiger partial charge is 0.352 e. The SMILES string of the molecule is C[C@H](C(=O)NC1CCCCC1)N(Cc1c(Cl)cccc1Cl)C(=O)CC(c1ccccc1)c1ccccc1. The molecule has 0 heterocycles. The molecule has 0 radical (unpaired) electrons. The van der Waals surface area contributed by atoms with E-state index in [2.05, 4.69) is 5.32 Å². The van der Waals surface area contributed by atoms with Crippen molar-refractivity contribution in [3.8, 4) is 0 Å². The maximum absolute atomic E-state index is 14.0. The van der Waals surface area contributed by atoms with Crippen molar-refractivity contribution >= 4 is 35.0 Å². The van der Waals surface area contributed by atoms with Crippen LogP contribution >= 0.6 is 23.2 Å². The van der Waals surface area contributed by atoms with Gasteiger partial charge in [0, 0.05) is 40.5 Å². The Morgan fingerprint density at radius 3 is 1.92 bits per heavy atom. The second-order valence-corrected chi connectivity index (χ2v) is 10.6. The molecule has 1 atom stereocenters. The van der Waals surface area contributed by atoms with Crippen LogP contribution in [-0.4, -0.2) is 28.8 Å². The highest BCUT2D eigenvalue weighted by Gasteiger charge is 2.31. The molecule has 1 aliphatic carbocycles. The monoisotopic (exact) mass is 536 g/mol. The summed E-state index contributed by atoms with van der Waals surface area (Å²) in [6.07, 6.45) is 5.62. The topological polar surface area (TPSA) is 49.4 Å². The third-order valence-electron chi connectivity index (χ3n) is 7.29. The Balaban J connectivity index is 1.62. The van der Waals surface area contributed by atoms with Crippen molar-refractivity contribution in [1.29, 1.82) is 0 Å². The number of hydrogen-bond donors (Lipinski definition) is 1. The van der Waals surface area contributed by atoms with Crippen LogP contribution in [0.25, 0.3) is 0 Å². The van der Waals surface area contributed by atoms with Crippen LogP contribution in [0, 0.1) is 0 Å². The summed E-state index contributed by atoms with van der Waals surface area (Å²) in [5.41, 5.74) is 2.75. The van der Waals surface area contributed by atoms with Gasteiger partial charge in [0.1, 0.15) is 6.04 Å². The lowest BCUT2D eigenvalue weighted by atomic mass is 9.88. The zero-order valence-electron chi connectivity index (χ0n) is 21.2. The Bertz CT molecular complexity index is 1120. The van der Waals surface area contributed by atoms with Crippen molar-refractivity contribution < 1.29 is 9.59 Å². The van der Waals surface area contributed by atoms with E-state index >= 15 is 0 Å². The van der Waals surface area contributed by atoms with Gasteiger partial charge < -0.3 is 10.2 Å². The van der Waals surface area contributed by atoms with Crippen molar-refractivity contribution in [3.63, 3.8) is 0 Å². The van der Waals surface area contributed by atoms with Gasteiger partial charge in [-0.3, -0.25) is 9.59 Å². The van der Waals surface area contributed by atoms with E-state index in [1.807, 2.05) is 60.7 Å². The summed E-state index contributed by atoms with van der Waals surface area (Å²) in [4.78, 5) is 29.0. The van der Waals surface area contributed by atoms with Crippen LogP contribution in [0.2, 0.25) is 10.0 Å². The van der Waals surface area contributed by atoms with Crippen LogP contribution < -0.4 is 5.32 Å². The Hall–Kier alpha value is -2.82. The predicted octanol–water partition coefficient (Wildman–Crippen LogP) is 7.38. The van der Waals surface area contributed by atoms with Gasteiger partial charge in [0.25, 0.3) is 0 Å². The van der Waals surface area contributed by atoms with Crippen LogP contribution in [0.5, 0.6) is 0 Å². The number of amides is 2. The van der Waals surface area contributed by atoms with Gasteiger partial charge in [-0.2, -0.15) is 0 Å². The molecule has 0 aromatic heterocycles. The number of hydrogen-bond acceptors (Lipinski definition) is 2. The van der Waals surface area contributed by atoms with Crippen LogP contribution in [0.3, 0.4) is 0 Å². The molecule has 3 aromatic carbocycles. The van der Waals surface area contributed by atoms with Gasteiger partial charge >= 0.3 is 0 Å². The van der Waals surface area contributed by atoms with Gasteiger partial charge in [-0.1, -0.05) is 109 Å². The van der Waals surface area contributed by atoms with E-state index in [1.54, 1.807) is 30.0 Å². The van der Waals surface area contributed by atoms with Crippen molar-refractivity contribution in [1.82, 2.24) is 10.2 Å². The lowest BCUT2D eigenvalue weighted by molar-refractivity contribution is -0.141. The molecule has 3 aromatic rings. The first-order chi connectivity index (χ1) is 17.9. The van der Waals surface area contributed by atoms with Crippen LogP contribution in [0.1, 0.15) is 68.1 Å². The second-order valence-electron chi connectivity index (χ2n) is 9.82. The Morgan fingerprint density at radius 1 is 0.838 bits per heavy atom. The van der Waals surface area contributed by atoms with E-state index in [-0.39, 0.29) is 36.7 Å². The average molecular weight is 538 g/mol. The maximum Gasteiger partial charge on any atom is 0.242 e. The van der Waals surface area contributed by atoms with E-state index < -0.39 is 6.04 Å². The van der Waals surface area contributed by atoms with Gasteiger partial charge in [0.15, 0.2) is 0 Å². The molecule has 1 fully saturated rings. The molecular formula is C31H34Cl2N2O2. The minimum Gasteiger partial charge on any atom is -0.352 e. The highest BCUT2D eigenvalue weighted by atomic mass is 35.5. The van der Waals surface area contributed by atoms with Crippen molar-refractivity contribution in [2.24, 2.45) is 0 Å². The summed E-state index contributed by atoms with van der Waals surface area (Å²) in [5, 5.41) is 4.15. The number of carbonyl (C=O) groups is 2. The fraction of sp³-hybridized carbons (Fsp3) is 0.355. The Kier molecular flexibility index (Phi) is 9.65. The summed E-state index contributed by atoms with van der Waals surface area (Å²) < 4.78 is 0. The van der Waals surface area contributed by atoms with E-state index in [4.69, 9.17) is 23.2 Å². The van der Waals surface area contributed by atoms with Crippen molar-refractivity contribution in [3.05, 3.63) is 106 Å². The smallest absolute Gasteiger partial charge is 0.242 e. The molecule has 0 spiro atoms. The lowest BCUT2D eigenvalue weighted by Crippen LogP contribution is -2.50. The molecule has 1 saturated carbocycles. The van der Waals surface area contributed by atoms with Gasteiger partial charge in [-0.05, 0) is 43.0 Å². The van der Waals surface area contributed by atoms with E-state index in [0.717, 1.165) is 36.8 Å². The first-order valence-corrected chi connectivity index (χ1v) is 13.8. The molecule has 4 rings (SSSR count). The third kappa shape index (κ3) is 7.15. The molecule has 4 nitrogen and oxygen atoms in total. The molecule has 194 valence electrons. The molecule has 6 heteroatoms. The third-order valence-corrected chi connectivity index (χ3v) is 8.00. The Labute approximate surface area is 230 Å². The molecule has 0 unspecified atom stereocenters. The first kappa shape index (κ1) is 27.2. The van der Waals surface area contributed by atoms with Crippen molar-refractivity contribution in [2.75, 3.05) is 0 Å². The first-order valence-electron chi connectivity index (χ1n) is 13.1. The second kappa shape index (κ2) is 13.1. The molecular weight excluding hydrogens is 503 g/mol. The van der Waals surface area contributed by atoms with E-state index in [1.165, 1.54) is 6.42 Å².